The predicted molar refractivity (Wildman–Crippen MR) is 65.0 cm³/mol. The third-order valence-corrected chi connectivity index (χ3v) is 6.08. The van der Waals surface area contributed by atoms with Crippen LogP contribution in [-0.4, -0.2) is 6.29 Å². The summed E-state index contributed by atoms with van der Waals surface area (Å²) in [6, 6.07) is 0. The summed E-state index contributed by atoms with van der Waals surface area (Å²) in [5, 5.41) is 0. The van der Waals surface area contributed by atoms with Crippen LogP contribution in [0.4, 0.5) is 0 Å². The van der Waals surface area contributed by atoms with Gasteiger partial charge in [-0.1, -0.05) is 32.4 Å². The lowest BCUT2D eigenvalue weighted by Crippen LogP contribution is -2.36. The Bertz CT molecular complexity index is 370. The number of aldehydes is 1. The first kappa shape index (κ1) is 10.6. The first-order valence-electron chi connectivity index (χ1n) is 6.71. The third kappa shape index (κ3) is 1.00. The highest BCUT2D eigenvalue weighted by Gasteiger charge is 2.70. The summed E-state index contributed by atoms with van der Waals surface area (Å²) in [5.41, 5.74) is 1.98. The maximum absolute atomic E-state index is 11.4. The topological polar surface area (TPSA) is 17.1 Å². The van der Waals surface area contributed by atoms with Crippen molar-refractivity contribution in [1.29, 1.82) is 0 Å². The molecule has 0 aromatic carbocycles. The highest BCUT2D eigenvalue weighted by atomic mass is 16.1. The average Bonchev–Trinajstić information content (AvgIpc) is 2.89. The number of rotatable bonds is 1. The standard InChI is InChI=1S/C15H22O/c1-10-5-4-6-11-7-8-12-13(15(10,11)3)14(12,2)9-16/h7,9-10,12-13H,4-6,8H2,1-3H3. The number of carbonyl (C=O) groups is 1. The molecule has 3 aliphatic carbocycles. The van der Waals surface area contributed by atoms with E-state index in [1.807, 2.05) is 0 Å². The average molecular weight is 218 g/mol. The third-order valence-electron chi connectivity index (χ3n) is 6.08. The van der Waals surface area contributed by atoms with E-state index in [9.17, 15) is 4.79 Å². The van der Waals surface area contributed by atoms with Gasteiger partial charge in [-0.15, -0.1) is 0 Å². The number of carbonyl (C=O) groups excluding carboxylic acids is 1. The maximum Gasteiger partial charge on any atom is 0.126 e. The fraction of sp³-hybridized carbons (Fsp3) is 0.800. The van der Waals surface area contributed by atoms with Crippen LogP contribution in [0.2, 0.25) is 0 Å². The Morgan fingerprint density at radius 1 is 1.44 bits per heavy atom. The van der Waals surface area contributed by atoms with E-state index >= 15 is 0 Å². The SMILES string of the molecule is CC1CCCC2=CCC3C(C3(C)C=O)C21C. The second-order valence-electron chi connectivity index (χ2n) is 6.61. The monoisotopic (exact) mass is 218 g/mol. The van der Waals surface area contributed by atoms with Crippen LogP contribution in [0.15, 0.2) is 11.6 Å². The van der Waals surface area contributed by atoms with Crippen molar-refractivity contribution in [2.24, 2.45) is 28.6 Å². The normalized spacial score (nSPS) is 54.7. The number of fused-ring (bicyclic) bond motifs is 3. The lowest BCUT2D eigenvalue weighted by atomic mass is 9.59. The zero-order chi connectivity index (χ0) is 11.6. The molecule has 5 atom stereocenters. The number of hydrogen-bond acceptors (Lipinski definition) is 1. The molecule has 5 unspecified atom stereocenters. The van der Waals surface area contributed by atoms with Crippen LogP contribution in [0.25, 0.3) is 0 Å². The minimum absolute atomic E-state index is 0.0153. The largest absolute Gasteiger partial charge is 0.303 e. The van der Waals surface area contributed by atoms with Gasteiger partial charge < -0.3 is 4.79 Å². The Balaban J connectivity index is 2.03. The molecule has 0 saturated heterocycles. The summed E-state index contributed by atoms with van der Waals surface area (Å²) >= 11 is 0. The fourth-order valence-corrected chi connectivity index (χ4v) is 4.82. The maximum atomic E-state index is 11.4. The van der Waals surface area contributed by atoms with Crippen molar-refractivity contribution in [1.82, 2.24) is 0 Å². The molecule has 0 aromatic rings. The van der Waals surface area contributed by atoms with E-state index in [1.54, 1.807) is 5.57 Å². The van der Waals surface area contributed by atoms with Crippen LogP contribution in [0, 0.1) is 28.6 Å². The Morgan fingerprint density at radius 2 is 2.19 bits per heavy atom. The molecular formula is C15H22O. The molecule has 0 heterocycles. The van der Waals surface area contributed by atoms with Crippen LogP contribution >= 0.6 is 0 Å². The highest BCUT2D eigenvalue weighted by molar-refractivity contribution is 5.67. The molecular weight excluding hydrogens is 196 g/mol. The van der Waals surface area contributed by atoms with Crippen molar-refractivity contribution in [3.05, 3.63) is 11.6 Å². The molecule has 0 N–H and O–H groups in total. The molecule has 0 amide bonds. The van der Waals surface area contributed by atoms with E-state index in [0.29, 0.717) is 17.3 Å². The zero-order valence-electron chi connectivity index (χ0n) is 10.6. The van der Waals surface area contributed by atoms with Crippen LogP contribution in [0.3, 0.4) is 0 Å². The molecule has 88 valence electrons. The Morgan fingerprint density at radius 3 is 2.88 bits per heavy atom. The minimum atomic E-state index is -0.0153. The van der Waals surface area contributed by atoms with Gasteiger partial charge in [0.25, 0.3) is 0 Å². The Labute approximate surface area is 98.3 Å². The van der Waals surface area contributed by atoms with Crippen LogP contribution < -0.4 is 0 Å². The molecule has 1 heteroatoms. The second-order valence-corrected chi connectivity index (χ2v) is 6.61. The molecule has 0 aliphatic heterocycles. The van der Waals surface area contributed by atoms with Crippen molar-refractivity contribution in [3.63, 3.8) is 0 Å². The molecule has 0 bridgehead atoms. The predicted octanol–water partition coefficient (Wildman–Crippen LogP) is 3.59. The van der Waals surface area contributed by atoms with Crippen LogP contribution in [0.1, 0.15) is 46.5 Å². The van der Waals surface area contributed by atoms with Gasteiger partial charge in [0.1, 0.15) is 6.29 Å². The van der Waals surface area contributed by atoms with Crippen molar-refractivity contribution < 1.29 is 4.79 Å². The van der Waals surface area contributed by atoms with Gasteiger partial charge in [-0.3, -0.25) is 0 Å². The van der Waals surface area contributed by atoms with Crippen molar-refractivity contribution in [2.75, 3.05) is 0 Å². The lowest BCUT2D eigenvalue weighted by Gasteiger charge is -2.45. The van der Waals surface area contributed by atoms with Gasteiger partial charge in [0.15, 0.2) is 0 Å². The van der Waals surface area contributed by atoms with E-state index in [2.05, 4.69) is 26.8 Å². The molecule has 2 saturated carbocycles. The van der Waals surface area contributed by atoms with Gasteiger partial charge in [0, 0.05) is 5.41 Å². The van der Waals surface area contributed by atoms with E-state index in [0.717, 1.165) is 12.3 Å². The van der Waals surface area contributed by atoms with Gasteiger partial charge in [0.2, 0.25) is 0 Å². The first-order valence-corrected chi connectivity index (χ1v) is 6.71. The quantitative estimate of drug-likeness (QED) is 0.485. The number of allylic oxidation sites excluding steroid dienone is 2. The van der Waals surface area contributed by atoms with Gasteiger partial charge in [0.05, 0.1) is 0 Å². The molecule has 0 radical (unpaired) electrons. The molecule has 3 aliphatic rings. The summed E-state index contributed by atoms with van der Waals surface area (Å²) in [6.45, 7) is 6.99. The molecule has 0 spiro atoms. The van der Waals surface area contributed by atoms with Gasteiger partial charge in [-0.2, -0.15) is 0 Å². The molecule has 2 fully saturated rings. The van der Waals surface area contributed by atoms with Gasteiger partial charge in [-0.05, 0) is 48.9 Å². The smallest absolute Gasteiger partial charge is 0.126 e. The fourth-order valence-electron chi connectivity index (χ4n) is 4.82. The van der Waals surface area contributed by atoms with E-state index < -0.39 is 0 Å². The van der Waals surface area contributed by atoms with Crippen molar-refractivity contribution in [3.8, 4) is 0 Å². The van der Waals surface area contributed by atoms with E-state index in [-0.39, 0.29) is 5.41 Å². The molecule has 0 aromatic heterocycles. The van der Waals surface area contributed by atoms with E-state index in [1.165, 1.54) is 25.5 Å². The summed E-state index contributed by atoms with van der Waals surface area (Å²) in [7, 11) is 0. The van der Waals surface area contributed by atoms with Crippen LogP contribution in [0.5, 0.6) is 0 Å². The first-order chi connectivity index (χ1) is 7.55. The molecule has 16 heavy (non-hydrogen) atoms. The zero-order valence-corrected chi connectivity index (χ0v) is 10.6. The number of hydrogen-bond donors (Lipinski definition) is 0. The van der Waals surface area contributed by atoms with Crippen LogP contribution in [-0.2, 0) is 4.79 Å². The summed E-state index contributed by atoms with van der Waals surface area (Å²) in [5.74, 6) is 2.02. The molecule has 1 nitrogen and oxygen atoms in total. The minimum Gasteiger partial charge on any atom is -0.303 e. The highest BCUT2D eigenvalue weighted by Crippen LogP contribution is 2.73. The second kappa shape index (κ2) is 3.00. The summed E-state index contributed by atoms with van der Waals surface area (Å²) < 4.78 is 0. The molecule has 3 rings (SSSR count). The Kier molecular flexibility index (Phi) is 1.98. The lowest BCUT2D eigenvalue weighted by molar-refractivity contribution is -0.113. The van der Waals surface area contributed by atoms with Crippen molar-refractivity contribution >= 4 is 6.29 Å². The van der Waals surface area contributed by atoms with Crippen molar-refractivity contribution in [2.45, 2.75) is 46.5 Å². The van der Waals surface area contributed by atoms with E-state index in [4.69, 9.17) is 0 Å². The van der Waals surface area contributed by atoms with Gasteiger partial charge in [-0.25, -0.2) is 0 Å². The summed E-state index contributed by atoms with van der Waals surface area (Å²) in [4.78, 5) is 11.4. The van der Waals surface area contributed by atoms with Gasteiger partial charge >= 0.3 is 0 Å². The Hall–Kier alpha value is -0.590. The summed E-state index contributed by atoms with van der Waals surface area (Å²) in [6.07, 6.45) is 8.82.